The van der Waals surface area contributed by atoms with Crippen LogP contribution in [-0.4, -0.2) is 21.1 Å². The minimum Gasteiger partial charge on any atom is -0.508 e. The Balaban J connectivity index is 2.19. The van der Waals surface area contributed by atoms with Crippen LogP contribution in [0.1, 0.15) is 27.0 Å². The first-order chi connectivity index (χ1) is 10.1. The maximum atomic E-state index is 12.0. The number of aliphatic hydroxyl groups excluding tert-OH is 2. The summed E-state index contributed by atoms with van der Waals surface area (Å²) in [5.41, 5.74) is 2.45. The van der Waals surface area contributed by atoms with Crippen molar-refractivity contribution < 1.29 is 20.1 Å². The van der Waals surface area contributed by atoms with Gasteiger partial charge in [-0.25, -0.2) is 0 Å². The summed E-state index contributed by atoms with van der Waals surface area (Å²) in [4.78, 5) is 12.0. The third kappa shape index (κ3) is 3.78. The quantitative estimate of drug-likeness (QED) is 0.581. The van der Waals surface area contributed by atoms with Gasteiger partial charge in [0.15, 0.2) is 5.78 Å². The highest BCUT2D eigenvalue weighted by Gasteiger charge is 2.04. The van der Waals surface area contributed by atoms with Gasteiger partial charge in [0.25, 0.3) is 0 Å². The second-order valence-electron chi connectivity index (χ2n) is 4.59. The molecular formula is C17H16O4. The molecule has 0 aliphatic carbocycles. The average molecular weight is 284 g/mol. The molecule has 0 amide bonds. The van der Waals surface area contributed by atoms with E-state index in [1.165, 1.54) is 18.2 Å². The van der Waals surface area contributed by atoms with Crippen molar-refractivity contribution in [3.63, 3.8) is 0 Å². The SMILES string of the molecule is O=C(/C=C/c1ccc(CO)c(CO)c1)c1cccc(O)c1. The van der Waals surface area contributed by atoms with Gasteiger partial charge in [0.1, 0.15) is 5.75 Å². The number of phenolic OH excluding ortho intramolecular Hbond substituents is 1. The summed E-state index contributed by atoms with van der Waals surface area (Å²) in [6.07, 6.45) is 3.04. The molecule has 0 radical (unpaired) electrons. The zero-order valence-corrected chi connectivity index (χ0v) is 11.4. The Labute approximate surface area is 122 Å². The zero-order valence-electron chi connectivity index (χ0n) is 11.4. The van der Waals surface area contributed by atoms with Crippen LogP contribution in [0.15, 0.2) is 48.5 Å². The number of carbonyl (C=O) groups is 1. The van der Waals surface area contributed by atoms with Gasteiger partial charge in [0, 0.05) is 5.56 Å². The van der Waals surface area contributed by atoms with Crippen LogP contribution in [0.3, 0.4) is 0 Å². The van der Waals surface area contributed by atoms with Gasteiger partial charge in [-0.15, -0.1) is 0 Å². The number of carbonyl (C=O) groups excluding carboxylic acids is 1. The Morgan fingerprint density at radius 3 is 2.43 bits per heavy atom. The fraction of sp³-hybridized carbons (Fsp3) is 0.118. The Morgan fingerprint density at radius 1 is 1.00 bits per heavy atom. The molecule has 0 saturated carbocycles. The lowest BCUT2D eigenvalue weighted by atomic mass is 10.0. The van der Waals surface area contributed by atoms with Crippen LogP contribution in [0, 0.1) is 0 Å². The summed E-state index contributed by atoms with van der Waals surface area (Å²) in [5.74, 6) is -0.174. The van der Waals surface area contributed by atoms with E-state index in [9.17, 15) is 15.0 Å². The summed E-state index contributed by atoms with van der Waals surface area (Å²) in [7, 11) is 0. The van der Waals surface area contributed by atoms with Crippen LogP contribution in [-0.2, 0) is 13.2 Å². The molecule has 0 unspecified atom stereocenters. The van der Waals surface area contributed by atoms with E-state index >= 15 is 0 Å². The van der Waals surface area contributed by atoms with Crippen molar-refractivity contribution in [3.05, 3.63) is 70.8 Å². The van der Waals surface area contributed by atoms with Crippen molar-refractivity contribution in [1.29, 1.82) is 0 Å². The van der Waals surface area contributed by atoms with Crippen molar-refractivity contribution in [2.24, 2.45) is 0 Å². The van der Waals surface area contributed by atoms with Gasteiger partial charge in [0.05, 0.1) is 13.2 Å². The van der Waals surface area contributed by atoms with Crippen molar-refractivity contribution >= 4 is 11.9 Å². The van der Waals surface area contributed by atoms with Crippen LogP contribution >= 0.6 is 0 Å². The van der Waals surface area contributed by atoms with Gasteiger partial charge in [-0.05, 0) is 41.0 Å². The van der Waals surface area contributed by atoms with Crippen LogP contribution in [0.25, 0.3) is 6.08 Å². The molecule has 0 aliphatic rings. The lowest BCUT2D eigenvalue weighted by molar-refractivity contribution is 0.104. The number of allylic oxidation sites excluding steroid dienone is 1. The second kappa shape index (κ2) is 6.83. The maximum Gasteiger partial charge on any atom is 0.185 e. The summed E-state index contributed by atoms with van der Waals surface area (Å²) in [5, 5.41) is 27.7. The van der Waals surface area contributed by atoms with E-state index in [0.717, 1.165) is 5.56 Å². The topological polar surface area (TPSA) is 77.8 Å². The molecule has 2 rings (SSSR count). The molecule has 108 valence electrons. The molecule has 3 N–H and O–H groups in total. The largest absolute Gasteiger partial charge is 0.508 e. The molecule has 0 fully saturated rings. The number of phenols is 1. The number of aromatic hydroxyl groups is 1. The molecule has 0 spiro atoms. The highest BCUT2D eigenvalue weighted by atomic mass is 16.3. The molecule has 2 aromatic carbocycles. The van der Waals surface area contributed by atoms with Gasteiger partial charge in [-0.2, -0.15) is 0 Å². The zero-order chi connectivity index (χ0) is 15.2. The lowest BCUT2D eigenvalue weighted by Crippen LogP contribution is -1.95. The molecule has 0 aromatic heterocycles. The van der Waals surface area contributed by atoms with E-state index in [-0.39, 0.29) is 24.7 Å². The van der Waals surface area contributed by atoms with E-state index in [4.69, 9.17) is 5.11 Å². The number of ketones is 1. The highest BCUT2D eigenvalue weighted by molar-refractivity contribution is 6.07. The van der Waals surface area contributed by atoms with Gasteiger partial charge in [-0.3, -0.25) is 4.79 Å². The molecule has 0 saturated heterocycles. The van der Waals surface area contributed by atoms with Crippen molar-refractivity contribution in [1.82, 2.24) is 0 Å². The molecule has 4 heteroatoms. The first-order valence-corrected chi connectivity index (χ1v) is 6.49. The normalized spacial score (nSPS) is 11.0. The predicted molar refractivity (Wildman–Crippen MR) is 79.8 cm³/mol. The smallest absolute Gasteiger partial charge is 0.185 e. The van der Waals surface area contributed by atoms with Crippen molar-refractivity contribution in [2.75, 3.05) is 0 Å². The monoisotopic (exact) mass is 284 g/mol. The molecule has 0 atom stereocenters. The fourth-order valence-corrected chi connectivity index (χ4v) is 1.98. The number of hydrogen-bond donors (Lipinski definition) is 3. The minimum atomic E-state index is -0.220. The highest BCUT2D eigenvalue weighted by Crippen LogP contribution is 2.15. The van der Waals surface area contributed by atoms with E-state index in [0.29, 0.717) is 16.7 Å². The second-order valence-corrected chi connectivity index (χ2v) is 4.59. The number of aliphatic hydroxyl groups is 2. The predicted octanol–water partition coefficient (Wildman–Crippen LogP) is 2.27. The van der Waals surface area contributed by atoms with E-state index in [1.54, 1.807) is 36.4 Å². The summed E-state index contributed by atoms with van der Waals surface area (Å²) in [6, 6.07) is 11.3. The first kappa shape index (κ1) is 15.0. The van der Waals surface area contributed by atoms with Gasteiger partial charge in [-0.1, -0.05) is 30.3 Å². The number of benzene rings is 2. The van der Waals surface area contributed by atoms with E-state index < -0.39 is 0 Å². The standard InChI is InChI=1S/C17H16O4/c18-10-14-6-4-12(8-15(14)11-19)5-7-17(21)13-2-1-3-16(20)9-13/h1-9,18-20H,10-11H2/b7-5+. The van der Waals surface area contributed by atoms with Crippen LogP contribution < -0.4 is 0 Å². The number of rotatable bonds is 5. The van der Waals surface area contributed by atoms with E-state index in [2.05, 4.69) is 0 Å². The average Bonchev–Trinajstić information content (AvgIpc) is 2.52. The van der Waals surface area contributed by atoms with Crippen LogP contribution in [0.2, 0.25) is 0 Å². The van der Waals surface area contributed by atoms with Crippen molar-refractivity contribution in [3.8, 4) is 5.75 Å². The molecule has 21 heavy (non-hydrogen) atoms. The fourth-order valence-electron chi connectivity index (χ4n) is 1.98. The van der Waals surface area contributed by atoms with E-state index in [1.807, 2.05) is 0 Å². The Hall–Kier alpha value is -2.43. The molecule has 0 heterocycles. The Bertz CT molecular complexity index is 674. The molecule has 0 bridgehead atoms. The first-order valence-electron chi connectivity index (χ1n) is 6.49. The third-order valence-corrected chi connectivity index (χ3v) is 3.13. The summed E-state index contributed by atoms with van der Waals surface area (Å²) in [6.45, 7) is -0.305. The Kier molecular flexibility index (Phi) is 4.87. The van der Waals surface area contributed by atoms with Gasteiger partial charge < -0.3 is 15.3 Å². The lowest BCUT2D eigenvalue weighted by Gasteiger charge is -2.05. The molecular weight excluding hydrogens is 268 g/mol. The molecule has 0 aliphatic heterocycles. The minimum absolute atomic E-state index is 0.0455. The van der Waals surface area contributed by atoms with Crippen LogP contribution in [0.4, 0.5) is 0 Å². The third-order valence-electron chi connectivity index (χ3n) is 3.13. The maximum absolute atomic E-state index is 12.0. The molecule has 2 aromatic rings. The van der Waals surface area contributed by atoms with Crippen molar-refractivity contribution in [2.45, 2.75) is 13.2 Å². The summed E-state index contributed by atoms with van der Waals surface area (Å²) < 4.78 is 0. The molecule has 4 nitrogen and oxygen atoms in total. The summed E-state index contributed by atoms with van der Waals surface area (Å²) >= 11 is 0. The number of hydrogen-bond acceptors (Lipinski definition) is 4. The Morgan fingerprint density at radius 2 is 1.76 bits per heavy atom. The van der Waals surface area contributed by atoms with Gasteiger partial charge in [0.2, 0.25) is 0 Å². The van der Waals surface area contributed by atoms with Gasteiger partial charge >= 0.3 is 0 Å². The van der Waals surface area contributed by atoms with Crippen LogP contribution in [0.5, 0.6) is 5.75 Å².